The summed E-state index contributed by atoms with van der Waals surface area (Å²) in [4.78, 5) is 18.9. The summed E-state index contributed by atoms with van der Waals surface area (Å²) in [7, 11) is 0. The topological polar surface area (TPSA) is 45.2 Å². The number of aryl methyl sites for hydroxylation is 2. The largest absolute Gasteiger partial charge is 0.324 e. The van der Waals surface area contributed by atoms with Crippen molar-refractivity contribution >= 4 is 11.7 Å². The van der Waals surface area contributed by atoms with Gasteiger partial charge < -0.3 is 10.2 Å². The van der Waals surface area contributed by atoms with E-state index in [-0.39, 0.29) is 6.03 Å². The number of nitrogens with one attached hydrogen (secondary N) is 1. The van der Waals surface area contributed by atoms with Crippen molar-refractivity contribution in [3.8, 4) is 0 Å². The number of para-hydroxylation sites is 1. The van der Waals surface area contributed by atoms with Crippen molar-refractivity contribution in [3.05, 3.63) is 59.4 Å². The molecule has 0 bridgehead atoms. The number of likely N-dealkylation sites (N-methyl/N-ethyl adjacent to an activating group) is 1. The van der Waals surface area contributed by atoms with Crippen LogP contribution in [0.2, 0.25) is 0 Å². The molecule has 1 aromatic carbocycles. The third-order valence-electron chi connectivity index (χ3n) is 4.26. The summed E-state index contributed by atoms with van der Waals surface area (Å²) in [6.07, 6.45) is 4.36. The molecule has 0 aliphatic heterocycles. The molecule has 24 heavy (non-hydrogen) atoms. The SMILES string of the molecule is CCc1cccc(CC)c1NC(=O)N(CC)CCc1ccccn1. The van der Waals surface area contributed by atoms with Crippen LogP contribution in [0, 0.1) is 0 Å². The zero-order valence-corrected chi connectivity index (χ0v) is 14.9. The van der Waals surface area contributed by atoms with Gasteiger partial charge >= 0.3 is 6.03 Å². The van der Waals surface area contributed by atoms with Crippen molar-refractivity contribution in [1.29, 1.82) is 0 Å². The lowest BCUT2D eigenvalue weighted by molar-refractivity contribution is 0.215. The highest BCUT2D eigenvalue weighted by molar-refractivity contribution is 5.91. The second kappa shape index (κ2) is 9.06. The molecule has 0 atom stereocenters. The summed E-state index contributed by atoms with van der Waals surface area (Å²) in [5.41, 5.74) is 4.35. The molecule has 0 spiro atoms. The Bertz CT molecular complexity index is 633. The summed E-state index contributed by atoms with van der Waals surface area (Å²) in [6.45, 7) is 7.57. The van der Waals surface area contributed by atoms with Crippen LogP contribution in [0.3, 0.4) is 0 Å². The van der Waals surface area contributed by atoms with Gasteiger partial charge in [-0.25, -0.2) is 4.79 Å². The molecule has 2 amide bonds. The number of carbonyl (C=O) groups is 1. The lowest BCUT2D eigenvalue weighted by atomic mass is 10.0. The molecule has 0 saturated carbocycles. The molecule has 1 heterocycles. The fourth-order valence-corrected chi connectivity index (χ4v) is 2.79. The summed E-state index contributed by atoms with van der Waals surface area (Å²) in [6, 6.07) is 12.1. The number of amides is 2. The highest BCUT2D eigenvalue weighted by atomic mass is 16.2. The van der Waals surface area contributed by atoms with Crippen LogP contribution in [0.4, 0.5) is 10.5 Å². The van der Waals surface area contributed by atoms with Gasteiger partial charge in [-0.1, -0.05) is 38.1 Å². The highest BCUT2D eigenvalue weighted by Gasteiger charge is 2.15. The molecule has 2 rings (SSSR count). The second-order valence-corrected chi connectivity index (χ2v) is 5.74. The van der Waals surface area contributed by atoms with Gasteiger partial charge in [-0.15, -0.1) is 0 Å². The van der Waals surface area contributed by atoms with Crippen LogP contribution in [-0.2, 0) is 19.3 Å². The van der Waals surface area contributed by atoms with E-state index >= 15 is 0 Å². The van der Waals surface area contributed by atoms with Crippen LogP contribution in [0.15, 0.2) is 42.6 Å². The molecule has 2 aromatic rings. The van der Waals surface area contributed by atoms with Crippen molar-refractivity contribution < 1.29 is 4.79 Å². The van der Waals surface area contributed by atoms with E-state index < -0.39 is 0 Å². The maximum Gasteiger partial charge on any atom is 0.321 e. The standard InChI is InChI=1S/C20H27N3O/c1-4-16-10-9-11-17(5-2)19(16)22-20(24)23(6-3)15-13-18-12-7-8-14-21-18/h7-12,14H,4-6,13,15H2,1-3H3,(H,22,24). The Morgan fingerprint density at radius 3 is 2.29 bits per heavy atom. The smallest absolute Gasteiger partial charge is 0.321 e. The average molecular weight is 325 g/mol. The number of hydrogen-bond donors (Lipinski definition) is 1. The van der Waals surface area contributed by atoms with Crippen molar-refractivity contribution in [1.82, 2.24) is 9.88 Å². The normalized spacial score (nSPS) is 10.5. The maximum absolute atomic E-state index is 12.7. The van der Waals surface area contributed by atoms with Gasteiger partial charge in [0, 0.05) is 37.1 Å². The predicted molar refractivity (Wildman–Crippen MR) is 99.4 cm³/mol. The predicted octanol–water partition coefficient (Wildman–Crippen LogP) is 4.30. The van der Waals surface area contributed by atoms with Crippen LogP contribution < -0.4 is 5.32 Å². The van der Waals surface area contributed by atoms with Gasteiger partial charge in [0.2, 0.25) is 0 Å². The highest BCUT2D eigenvalue weighted by Crippen LogP contribution is 2.23. The monoisotopic (exact) mass is 325 g/mol. The molecule has 0 aliphatic carbocycles. The first-order valence-corrected chi connectivity index (χ1v) is 8.76. The van der Waals surface area contributed by atoms with Gasteiger partial charge in [0.1, 0.15) is 0 Å². The Hall–Kier alpha value is -2.36. The molecule has 0 aliphatic rings. The van der Waals surface area contributed by atoms with E-state index in [0.717, 1.165) is 30.6 Å². The van der Waals surface area contributed by atoms with Gasteiger partial charge in [-0.2, -0.15) is 0 Å². The lowest BCUT2D eigenvalue weighted by Gasteiger charge is -2.23. The van der Waals surface area contributed by atoms with Crippen molar-refractivity contribution in [2.24, 2.45) is 0 Å². The van der Waals surface area contributed by atoms with Gasteiger partial charge in [0.15, 0.2) is 0 Å². The van der Waals surface area contributed by atoms with Crippen molar-refractivity contribution in [2.45, 2.75) is 40.0 Å². The summed E-state index contributed by atoms with van der Waals surface area (Å²) in [5, 5.41) is 3.13. The van der Waals surface area contributed by atoms with E-state index in [0.29, 0.717) is 13.1 Å². The van der Waals surface area contributed by atoms with Crippen LogP contribution in [0.1, 0.15) is 37.6 Å². The minimum atomic E-state index is -0.0379. The summed E-state index contributed by atoms with van der Waals surface area (Å²) >= 11 is 0. The lowest BCUT2D eigenvalue weighted by Crippen LogP contribution is -2.36. The molecular weight excluding hydrogens is 298 g/mol. The molecule has 1 N–H and O–H groups in total. The summed E-state index contributed by atoms with van der Waals surface area (Å²) in [5.74, 6) is 0. The Morgan fingerprint density at radius 2 is 1.75 bits per heavy atom. The summed E-state index contributed by atoms with van der Waals surface area (Å²) < 4.78 is 0. The van der Waals surface area contributed by atoms with Crippen molar-refractivity contribution in [3.63, 3.8) is 0 Å². The second-order valence-electron chi connectivity index (χ2n) is 5.74. The van der Waals surface area contributed by atoms with Crippen LogP contribution in [0.25, 0.3) is 0 Å². The maximum atomic E-state index is 12.7. The number of benzene rings is 1. The number of rotatable bonds is 7. The molecule has 0 fully saturated rings. The number of urea groups is 1. The van der Waals surface area contributed by atoms with E-state index in [2.05, 4.69) is 42.3 Å². The number of anilines is 1. The van der Waals surface area contributed by atoms with E-state index in [4.69, 9.17) is 0 Å². The fourth-order valence-electron chi connectivity index (χ4n) is 2.79. The quantitative estimate of drug-likeness (QED) is 0.825. The molecule has 4 heteroatoms. The first-order chi connectivity index (χ1) is 11.7. The molecule has 4 nitrogen and oxygen atoms in total. The Kier molecular flexibility index (Phi) is 6.79. The van der Waals surface area contributed by atoms with Crippen LogP contribution >= 0.6 is 0 Å². The molecule has 0 radical (unpaired) electrons. The van der Waals surface area contributed by atoms with Gasteiger partial charge in [0.05, 0.1) is 0 Å². The van der Waals surface area contributed by atoms with Crippen LogP contribution in [-0.4, -0.2) is 29.0 Å². The minimum absolute atomic E-state index is 0.0379. The molecule has 1 aromatic heterocycles. The third-order valence-corrected chi connectivity index (χ3v) is 4.26. The van der Waals surface area contributed by atoms with Gasteiger partial charge in [-0.3, -0.25) is 4.98 Å². The Balaban J connectivity index is 2.07. The first kappa shape index (κ1) is 18.0. The number of hydrogen-bond acceptors (Lipinski definition) is 2. The van der Waals surface area contributed by atoms with Crippen LogP contribution in [0.5, 0.6) is 0 Å². The molecule has 128 valence electrons. The zero-order valence-electron chi connectivity index (χ0n) is 14.9. The number of pyridine rings is 1. The Labute approximate surface area is 144 Å². The molecule has 0 unspecified atom stereocenters. The number of carbonyl (C=O) groups excluding carboxylic acids is 1. The Morgan fingerprint density at radius 1 is 1.04 bits per heavy atom. The van der Waals surface area contributed by atoms with E-state index in [9.17, 15) is 4.79 Å². The van der Waals surface area contributed by atoms with Crippen molar-refractivity contribution in [2.75, 3.05) is 18.4 Å². The zero-order chi connectivity index (χ0) is 17.4. The van der Waals surface area contributed by atoms with E-state index in [1.54, 1.807) is 6.20 Å². The molecule has 0 saturated heterocycles. The average Bonchev–Trinajstić information content (AvgIpc) is 2.63. The van der Waals surface area contributed by atoms with Gasteiger partial charge in [0.25, 0.3) is 0 Å². The number of nitrogens with zero attached hydrogens (tertiary/aromatic N) is 2. The van der Waals surface area contributed by atoms with E-state index in [1.165, 1.54) is 11.1 Å². The molecular formula is C20H27N3O. The fraction of sp³-hybridized carbons (Fsp3) is 0.400. The van der Waals surface area contributed by atoms with Gasteiger partial charge in [-0.05, 0) is 43.0 Å². The first-order valence-electron chi connectivity index (χ1n) is 8.76. The minimum Gasteiger partial charge on any atom is -0.324 e. The van der Waals surface area contributed by atoms with E-state index in [1.807, 2.05) is 30.0 Å². The third kappa shape index (κ3) is 4.57. The number of aromatic nitrogens is 1.